The molecule has 0 bridgehead atoms. The van der Waals surface area contributed by atoms with Crippen LogP contribution in [-0.2, 0) is 9.59 Å². The smallest absolute Gasteiger partial charge is 0.262 e. The van der Waals surface area contributed by atoms with Crippen molar-refractivity contribution in [2.75, 3.05) is 18.5 Å². The molecule has 2 amide bonds. The molecule has 0 aliphatic rings. The number of hydrogen-bond acceptors (Lipinski definition) is 4. The average molecular weight is 328 g/mol. The Labute approximate surface area is 140 Å². The molecule has 0 aliphatic heterocycles. The van der Waals surface area contributed by atoms with Crippen molar-refractivity contribution in [3.63, 3.8) is 0 Å². The standard InChI is InChI=1S/C18H20N2O4/c1-12-4-3-5-13(2)18(12)24-11-17(22)20-14-6-8-15(9-7-14)23-10-16(19)21/h3-9H,10-11H2,1-2H3,(H2,19,21)(H,20,22). The molecule has 0 spiro atoms. The Morgan fingerprint density at radius 2 is 1.58 bits per heavy atom. The maximum atomic E-state index is 12.0. The van der Waals surface area contributed by atoms with Gasteiger partial charge in [-0.25, -0.2) is 0 Å². The normalized spacial score (nSPS) is 10.1. The van der Waals surface area contributed by atoms with Crippen molar-refractivity contribution in [3.05, 3.63) is 53.6 Å². The molecule has 0 saturated heterocycles. The summed E-state index contributed by atoms with van der Waals surface area (Å²) >= 11 is 0. The van der Waals surface area contributed by atoms with Gasteiger partial charge in [-0.3, -0.25) is 9.59 Å². The van der Waals surface area contributed by atoms with Gasteiger partial charge in [0.1, 0.15) is 11.5 Å². The summed E-state index contributed by atoms with van der Waals surface area (Å²) in [6.07, 6.45) is 0. The van der Waals surface area contributed by atoms with Gasteiger partial charge in [0.05, 0.1) is 0 Å². The number of nitrogens with two attached hydrogens (primary N) is 1. The van der Waals surface area contributed by atoms with E-state index in [4.69, 9.17) is 15.2 Å². The second-order valence-electron chi connectivity index (χ2n) is 5.34. The van der Waals surface area contributed by atoms with Crippen LogP contribution >= 0.6 is 0 Å². The van der Waals surface area contributed by atoms with Gasteiger partial charge in [-0.1, -0.05) is 18.2 Å². The molecule has 0 heterocycles. The van der Waals surface area contributed by atoms with E-state index in [-0.39, 0.29) is 19.1 Å². The Morgan fingerprint density at radius 1 is 0.958 bits per heavy atom. The fraction of sp³-hybridized carbons (Fsp3) is 0.222. The monoisotopic (exact) mass is 328 g/mol. The number of carbonyl (C=O) groups excluding carboxylic acids is 2. The summed E-state index contributed by atoms with van der Waals surface area (Å²) in [7, 11) is 0. The second kappa shape index (κ2) is 8.01. The molecule has 0 atom stereocenters. The van der Waals surface area contributed by atoms with Gasteiger partial charge in [0, 0.05) is 5.69 Å². The third-order valence-corrected chi connectivity index (χ3v) is 3.28. The number of nitrogens with one attached hydrogen (secondary N) is 1. The van der Waals surface area contributed by atoms with E-state index in [0.717, 1.165) is 16.9 Å². The molecule has 3 N–H and O–H groups in total. The average Bonchev–Trinajstić information content (AvgIpc) is 2.53. The van der Waals surface area contributed by atoms with Gasteiger partial charge in [-0.15, -0.1) is 0 Å². The van der Waals surface area contributed by atoms with Gasteiger partial charge in [0.2, 0.25) is 0 Å². The number of rotatable bonds is 7. The summed E-state index contributed by atoms with van der Waals surface area (Å²) in [6, 6.07) is 12.5. The second-order valence-corrected chi connectivity index (χ2v) is 5.34. The quantitative estimate of drug-likeness (QED) is 0.815. The van der Waals surface area contributed by atoms with Crippen molar-refractivity contribution < 1.29 is 19.1 Å². The maximum Gasteiger partial charge on any atom is 0.262 e. The first-order chi connectivity index (χ1) is 11.5. The fourth-order valence-electron chi connectivity index (χ4n) is 2.15. The molecule has 24 heavy (non-hydrogen) atoms. The van der Waals surface area contributed by atoms with Crippen LogP contribution in [0.4, 0.5) is 5.69 Å². The van der Waals surface area contributed by atoms with Crippen LogP contribution in [0.25, 0.3) is 0 Å². The van der Waals surface area contributed by atoms with Crippen LogP contribution in [0, 0.1) is 13.8 Å². The lowest BCUT2D eigenvalue weighted by Crippen LogP contribution is -2.21. The largest absolute Gasteiger partial charge is 0.484 e. The van der Waals surface area contributed by atoms with E-state index in [0.29, 0.717) is 11.4 Å². The minimum atomic E-state index is -0.545. The van der Waals surface area contributed by atoms with Gasteiger partial charge in [-0.2, -0.15) is 0 Å². The predicted molar refractivity (Wildman–Crippen MR) is 91.2 cm³/mol. The number of carbonyl (C=O) groups is 2. The van der Waals surface area contributed by atoms with Crippen molar-refractivity contribution in [1.82, 2.24) is 0 Å². The topological polar surface area (TPSA) is 90.7 Å². The minimum absolute atomic E-state index is 0.0778. The lowest BCUT2D eigenvalue weighted by molar-refractivity contribution is -0.120. The summed E-state index contributed by atoms with van der Waals surface area (Å²) in [5.41, 5.74) is 7.58. The molecular formula is C18H20N2O4. The molecule has 6 heteroatoms. The Kier molecular flexibility index (Phi) is 5.78. The van der Waals surface area contributed by atoms with Gasteiger partial charge < -0.3 is 20.5 Å². The van der Waals surface area contributed by atoms with Crippen molar-refractivity contribution in [3.8, 4) is 11.5 Å². The van der Waals surface area contributed by atoms with Gasteiger partial charge in [-0.05, 0) is 49.2 Å². The first-order valence-corrected chi connectivity index (χ1v) is 7.46. The van der Waals surface area contributed by atoms with E-state index in [1.165, 1.54) is 0 Å². The van der Waals surface area contributed by atoms with Crippen LogP contribution in [0.15, 0.2) is 42.5 Å². The predicted octanol–water partition coefficient (Wildman–Crippen LogP) is 2.19. The minimum Gasteiger partial charge on any atom is -0.484 e. The lowest BCUT2D eigenvalue weighted by atomic mass is 10.1. The molecule has 6 nitrogen and oxygen atoms in total. The van der Waals surface area contributed by atoms with Gasteiger partial charge in [0.25, 0.3) is 11.8 Å². The number of para-hydroxylation sites is 1. The van der Waals surface area contributed by atoms with Crippen LogP contribution in [-0.4, -0.2) is 25.0 Å². The number of ether oxygens (including phenoxy) is 2. The summed E-state index contributed by atoms with van der Waals surface area (Å²) in [6.45, 7) is 3.61. The molecule has 0 radical (unpaired) electrons. The Bertz CT molecular complexity index is 706. The highest BCUT2D eigenvalue weighted by Crippen LogP contribution is 2.22. The summed E-state index contributed by atoms with van der Waals surface area (Å²) in [5.74, 6) is 0.418. The van der Waals surface area contributed by atoms with E-state index in [1.54, 1.807) is 24.3 Å². The Balaban J connectivity index is 1.87. The number of aryl methyl sites for hydroxylation is 2. The van der Waals surface area contributed by atoms with E-state index in [1.807, 2.05) is 32.0 Å². The number of primary amides is 1. The zero-order chi connectivity index (χ0) is 17.5. The van der Waals surface area contributed by atoms with Crippen molar-refractivity contribution in [2.24, 2.45) is 5.73 Å². The Hall–Kier alpha value is -3.02. The molecule has 126 valence electrons. The highest BCUT2D eigenvalue weighted by Gasteiger charge is 2.08. The van der Waals surface area contributed by atoms with E-state index < -0.39 is 5.91 Å². The van der Waals surface area contributed by atoms with Crippen molar-refractivity contribution in [1.29, 1.82) is 0 Å². The molecule has 2 rings (SSSR count). The third-order valence-electron chi connectivity index (χ3n) is 3.28. The summed E-state index contributed by atoms with van der Waals surface area (Å²) < 4.78 is 10.7. The van der Waals surface area contributed by atoms with Crippen LogP contribution in [0.5, 0.6) is 11.5 Å². The molecule has 0 saturated carbocycles. The van der Waals surface area contributed by atoms with Crippen LogP contribution < -0.4 is 20.5 Å². The number of amides is 2. The molecule has 0 aromatic heterocycles. The van der Waals surface area contributed by atoms with Crippen molar-refractivity contribution in [2.45, 2.75) is 13.8 Å². The first kappa shape index (κ1) is 17.3. The lowest BCUT2D eigenvalue weighted by Gasteiger charge is -2.12. The van der Waals surface area contributed by atoms with E-state index >= 15 is 0 Å². The first-order valence-electron chi connectivity index (χ1n) is 7.46. The SMILES string of the molecule is Cc1cccc(C)c1OCC(=O)Nc1ccc(OCC(N)=O)cc1. The molecule has 0 aliphatic carbocycles. The Morgan fingerprint density at radius 3 is 2.17 bits per heavy atom. The molecule has 0 unspecified atom stereocenters. The van der Waals surface area contributed by atoms with Crippen LogP contribution in [0.2, 0.25) is 0 Å². The van der Waals surface area contributed by atoms with Gasteiger partial charge >= 0.3 is 0 Å². The maximum absolute atomic E-state index is 12.0. The molecule has 0 fully saturated rings. The zero-order valence-corrected chi connectivity index (χ0v) is 13.7. The van der Waals surface area contributed by atoms with Crippen LogP contribution in [0.1, 0.15) is 11.1 Å². The van der Waals surface area contributed by atoms with Crippen LogP contribution in [0.3, 0.4) is 0 Å². The number of hydrogen-bond donors (Lipinski definition) is 2. The fourth-order valence-corrected chi connectivity index (χ4v) is 2.15. The highest BCUT2D eigenvalue weighted by atomic mass is 16.5. The number of benzene rings is 2. The van der Waals surface area contributed by atoms with E-state index in [9.17, 15) is 9.59 Å². The van der Waals surface area contributed by atoms with Gasteiger partial charge in [0.15, 0.2) is 13.2 Å². The highest BCUT2D eigenvalue weighted by molar-refractivity contribution is 5.91. The zero-order valence-electron chi connectivity index (χ0n) is 13.7. The number of anilines is 1. The summed E-state index contributed by atoms with van der Waals surface area (Å²) in [5, 5.41) is 2.73. The summed E-state index contributed by atoms with van der Waals surface area (Å²) in [4.78, 5) is 22.6. The van der Waals surface area contributed by atoms with E-state index in [2.05, 4.69) is 5.32 Å². The molecular weight excluding hydrogens is 308 g/mol. The molecule has 2 aromatic rings. The molecule has 2 aromatic carbocycles. The third kappa shape index (κ3) is 5.01. The van der Waals surface area contributed by atoms with Crippen molar-refractivity contribution >= 4 is 17.5 Å².